The van der Waals surface area contributed by atoms with Crippen LogP contribution < -0.4 is 11.5 Å². The van der Waals surface area contributed by atoms with E-state index in [1.165, 1.54) is 6.20 Å². The molecule has 0 saturated carbocycles. The zero-order valence-corrected chi connectivity index (χ0v) is 6.33. The van der Waals surface area contributed by atoms with Gasteiger partial charge in [-0.15, -0.1) is 0 Å². The van der Waals surface area contributed by atoms with Crippen molar-refractivity contribution in [2.45, 2.75) is 13.8 Å². The lowest BCUT2D eigenvalue weighted by atomic mass is 10.4. The lowest BCUT2D eigenvalue weighted by Gasteiger charge is -1.93. The van der Waals surface area contributed by atoms with Gasteiger partial charge in [0.2, 0.25) is 0 Å². The van der Waals surface area contributed by atoms with E-state index >= 15 is 0 Å². The largest absolute Gasteiger partial charge is 0.397 e. The highest BCUT2D eigenvalue weighted by molar-refractivity contribution is 5.60. The number of nitrogens with two attached hydrogens (primary N) is 2. The topological polar surface area (TPSA) is 64.9 Å². The van der Waals surface area contributed by atoms with Crippen LogP contribution in [0.2, 0.25) is 0 Å². The van der Waals surface area contributed by atoms with Crippen molar-refractivity contribution in [1.82, 2.24) is 4.98 Å². The molecule has 0 spiro atoms. The van der Waals surface area contributed by atoms with Crippen molar-refractivity contribution < 1.29 is 1.43 Å². The fraction of sp³-hybridized carbons (Fsp3) is 0.286. The van der Waals surface area contributed by atoms with Gasteiger partial charge in [-0.05, 0) is 6.07 Å². The molecular weight excluding hydrogens is 126 g/mol. The standard InChI is InChI=1S/C5H7N3.C2H6.H2/c6-4-1-2-8-3-5(4)7;1-2;/h1-3H,7H2,(H2,6,8);1-2H3;1H. The van der Waals surface area contributed by atoms with Gasteiger partial charge in [0.1, 0.15) is 0 Å². The van der Waals surface area contributed by atoms with Gasteiger partial charge in [0.15, 0.2) is 0 Å². The quantitative estimate of drug-likeness (QED) is 0.575. The smallest absolute Gasteiger partial charge is 0.0734 e. The van der Waals surface area contributed by atoms with Crippen LogP contribution in [-0.2, 0) is 0 Å². The molecule has 0 aromatic carbocycles. The molecule has 0 fully saturated rings. The van der Waals surface area contributed by atoms with Crippen molar-refractivity contribution in [2.24, 2.45) is 0 Å². The van der Waals surface area contributed by atoms with Gasteiger partial charge in [-0.25, -0.2) is 0 Å². The molecular formula is C7H15N3. The molecule has 0 unspecified atom stereocenters. The maximum atomic E-state index is 5.35. The molecule has 0 aliphatic heterocycles. The first-order valence-electron chi connectivity index (χ1n) is 3.25. The predicted molar refractivity (Wildman–Crippen MR) is 46.5 cm³/mol. The minimum Gasteiger partial charge on any atom is -0.397 e. The molecule has 3 heteroatoms. The molecule has 58 valence electrons. The SMILES string of the molecule is CC.Nc1ccncc1N.[HH]. The Morgan fingerprint density at radius 1 is 1.30 bits per heavy atom. The maximum Gasteiger partial charge on any atom is 0.0734 e. The summed E-state index contributed by atoms with van der Waals surface area (Å²) in [5.74, 6) is 0. The molecule has 3 nitrogen and oxygen atoms in total. The van der Waals surface area contributed by atoms with Gasteiger partial charge in [0, 0.05) is 7.62 Å². The van der Waals surface area contributed by atoms with E-state index < -0.39 is 0 Å². The van der Waals surface area contributed by atoms with E-state index in [0.29, 0.717) is 11.4 Å². The van der Waals surface area contributed by atoms with Crippen molar-refractivity contribution in [3.63, 3.8) is 0 Å². The van der Waals surface area contributed by atoms with Crippen molar-refractivity contribution >= 4 is 11.4 Å². The second-order valence-corrected chi connectivity index (χ2v) is 1.50. The first kappa shape index (κ1) is 8.75. The highest BCUT2D eigenvalue weighted by Crippen LogP contribution is 2.08. The zero-order valence-electron chi connectivity index (χ0n) is 6.33. The lowest BCUT2D eigenvalue weighted by Crippen LogP contribution is -1.93. The van der Waals surface area contributed by atoms with E-state index in [0.717, 1.165) is 0 Å². The maximum absolute atomic E-state index is 5.35. The van der Waals surface area contributed by atoms with Crippen LogP contribution in [0.1, 0.15) is 15.3 Å². The summed E-state index contributed by atoms with van der Waals surface area (Å²) in [6, 6.07) is 1.66. The minimum absolute atomic E-state index is 0. The summed E-state index contributed by atoms with van der Waals surface area (Å²) >= 11 is 0. The minimum atomic E-state index is 0. The number of hydrogen-bond acceptors (Lipinski definition) is 3. The Labute approximate surface area is 62.6 Å². The van der Waals surface area contributed by atoms with E-state index in [9.17, 15) is 0 Å². The van der Waals surface area contributed by atoms with Crippen LogP contribution >= 0.6 is 0 Å². The molecule has 0 saturated heterocycles. The first-order chi connectivity index (χ1) is 4.80. The number of rotatable bonds is 0. The van der Waals surface area contributed by atoms with Gasteiger partial charge in [-0.1, -0.05) is 13.8 Å². The molecule has 0 aliphatic carbocycles. The second-order valence-electron chi connectivity index (χ2n) is 1.50. The van der Waals surface area contributed by atoms with Crippen LogP contribution in [-0.4, -0.2) is 4.98 Å². The van der Waals surface area contributed by atoms with E-state index in [4.69, 9.17) is 11.5 Å². The normalized spacial score (nSPS) is 7.80. The highest BCUT2D eigenvalue weighted by atomic mass is 14.7. The Bertz CT molecular complexity index is 170. The van der Waals surface area contributed by atoms with Crippen molar-refractivity contribution in [3.8, 4) is 0 Å². The van der Waals surface area contributed by atoms with E-state index in [1.807, 2.05) is 13.8 Å². The molecule has 4 N–H and O–H groups in total. The number of anilines is 2. The summed E-state index contributed by atoms with van der Waals surface area (Å²) in [6.07, 6.45) is 3.13. The number of nitrogens with zero attached hydrogens (tertiary/aromatic N) is 1. The third-order valence-corrected chi connectivity index (χ3v) is 0.887. The highest BCUT2D eigenvalue weighted by Gasteiger charge is 1.86. The van der Waals surface area contributed by atoms with Gasteiger partial charge in [-0.2, -0.15) is 0 Å². The Hall–Kier alpha value is -1.25. The summed E-state index contributed by atoms with van der Waals surface area (Å²) < 4.78 is 0. The second kappa shape index (κ2) is 4.61. The Morgan fingerprint density at radius 2 is 1.90 bits per heavy atom. The molecule has 0 radical (unpaired) electrons. The first-order valence-corrected chi connectivity index (χ1v) is 3.25. The third kappa shape index (κ3) is 2.35. The van der Waals surface area contributed by atoms with Crippen LogP contribution in [0.3, 0.4) is 0 Å². The number of hydrogen-bond donors (Lipinski definition) is 2. The van der Waals surface area contributed by atoms with Crippen LogP contribution in [0.4, 0.5) is 11.4 Å². The van der Waals surface area contributed by atoms with Gasteiger partial charge in [-0.3, -0.25) is 4.98 Å². The van der Waals surface area contributed by atoms with Crippen LogP contribution in [0.15, 0.2) is 18.5 Å². The summed E-state index contributed by atoms with van der Waals surface area (Å²) in [4.78, 5) is 3.74. The van der Waals surface area contributed by atoms with E-state index in [2.05, 4.69) is 4.98 Å². The summed E-state index contributed by atoms with van der Waals surface area (Å²) in [7, 11) is 0. The van der Waals surface area contributed by atoms with Crippen molar-refractivity contribution in [1.29, 1.82) is 0 Å². The molecule has 0 amide bonds. The summed E-state index contributed by atoms with van der Waals surface area (Å²) in [6.45, 7) is 4.00. The van der Waals surface area contributed by atoms with E-state index in [1.54, 1.807) is 12.3 Å². The van der Waals surface area contributed by atoms with Crippen molar-refractivity contribution in [3.05, 3.63) is 18.5 Å². The molecule has 0 atom stereocenters. The van der Waals surface area contributed by atoms with Gasteiger partial charge >= 0.3 is 0 Å². The zero-order chi connectivity index (χ0) is 7.98. The monoisotopic (exact) mass is 141 g/mol. The van der Waals surface area contributed by atoms with Gasteiger partial charge in [0.05, 0.1) is 17.6 Å². The van der Waals surface area contributed by atoms with Gasteiger partial charge in [0.25, 0.3) is 0 Å². The van der Waals surface area contributed by atoms with Crippen molar-refractivity contribution in [2.75, 3.05) is 11.5 Å². The Morgan fingerprint density at radius 3 is 2.20 bits per heavy atom. The molecule has 0 bridgehead atoms. The number of nitrogen functional groups attached to an aromatic ring is 2. The molecule has 1 aromatic rings. The van der Waals surface area contributed by atoms with Crippen LogP contribution in [0.5, 0.6) is 0 Å². The predicted octanol–water partition coefficient (Wildman–Crippen LogP) is 1.52. The fourth-order valence-corrected chi connectivity index (χ4v) is 0.417. The van der Waals surface area contributed by atoms with Gasteiger partial charge < -0.3 is 11.5 Å². The Kier molecular flexibility index (Phi) is 4.04. The molecule has 1 heterocycles. The average molecular weight is 141 g/mol. The number of pyridine rings is 1. The third-order valence-electron chi connectivity index (χ3n) is 0.887. The fourth-order valence-electron chi connectivity index (χ4n) is 0.417. The summed E-state index contributed by atoms with van der Waals surface area (Å²) in [5, 5.41) is 0. The molecule has 1 aromatic heterocycles. The molecule has 1 rings (SSSR count). The molecule has 10 heavy (non-hydrogen) atoms. The average Bonchev–Trinajstić information content (AvgIpc) is 2.00. The summed E-state index contributed by atoms with van der Waals surface area (Å²) in [5.41, 5.74) is 11.8. The van der Waals surface area contributed by atoms with Crippen LogP contribution in [0.25, 0.3) is 0 Å². The van der Waals surface area contributed by atoms with Crippen LogP contribution in [0, 0.1) is 0 Å². The Balaban J connectivity index is 0. The lowest BCUT2D eigenvalue weighted by molar-refractivity contribution is 1.34. The van der Waals surface area contributed by atoms with E-state index in [-0.39, 0.29) is 1.43 Å². The molecule has 0 aliphatic rings. The number of aromatic nitrogens is 1.